The van der Waals surface area contributed by atoms with E-state index < -0.39 is 11.7 Å². The van der Waals surface area contributed by atoms with E-state index in [0.29, 0.717) is 4.90 Å². The summed E-state index contributed by atoms with van der Waals surface area (Å²) in [6, 6.07) is 12.0. The molecule has 108 valence electrons. The summed E-state index contributed by atoms with van der Waals surface area (Å²) in [6.07, 6.45) is -4.55. The molecule has 2 nitrogen and oxygen atoms in total. The number of aliphatic hydroxyl groups is 1. The maximum absolute atomic E-state index is 12.9. The van der Waals surface area contributed by atoms with Crippen LogP contribution >= 0.6 is 11.8 Å². The Bertz CT molecular complexity index is 675. The van der Waals surface area contributed by atoms with E-state index in [-0.39, 0.29) is 12.2 Å². The molecular formula is C15H10F3NOS. The zero-order chi connectivity index (χ0) is 15.5. The minimum atomic E-state index is -4.55. The van der Waals surface area contributed by atoms with Crippen LogP contribution in [0.5, 0.6) is 0 Å². The zero-order valence-electron chi connectivity index (χ0n) is 10.7. The summed E-state index contributed by atoms with van der Waals surface area (Å²) in [5.74, 6) is 0. The van der Waals surface area contributed by atoms with Crippen LogP contribution in [-0.2, 0) is 12.8 Å². The molecule has 0 aliphatic carbocycles. The van der Waals surface area contributed by atoms with Crippen molar-refractivity contribution in [1.29, 1.82) is 5.26 Å². The van der Waals surface area contributed by atoms with Crippen LogP contribution in [0.4, 0.5) is 13.2 Å². The molecule has 0 bridgehead atoms. The van der Waals surface area contributed by atoms with Crippen molar-refractivity contribution in [2.24, 2.45) is 0 Å². The fraction of sp³-hybridized carbons (Fsp3) is 0.133. The van der Waals surface area contributed by atoms with Gasteiger partial charge in [0.1, 0.15) is 0 Å². The van der Waals surface area contributed by atoms with Crippen molar-refractivity contribution in [2.45, 2.75) is 22.6 Å². The van der Waals surface area contributed by atoms with Gasteiger partial charge in [-0.15, -0.1) is 0 Å². The highest BCUT2D eigenvalue weighted by Gasteiger charge is 2.33. The van der Waals surface area contributed by atoms with E-state index in [9.17, 15) is 13.2 Å². The predicted octanol–water partition coefficient (Wildman–Crippen LogP) is 4.22. The Labute approximate surface area is 123 Å². The molecule has 0 spiro atoms. The van der Waals surface area contributed by atoms with Crippen molar-refractivity contribution in [3.63, 3.8) is 0 Å². The van der Waals surface area contributed by atoms with Gasteiger partial charge in [0.25, 0.3) is 0 Å². The van der Waals surface area contributed by atoms with Gasteiger partial charge in [-0.25, -0.2) is 0 Å². The van der Waals surface area contributed by atoms with Crippen molar-refractivity contribution < 1.29 is 18.3 Å². The van der Waals surface area contributed by atoms with E-state index in [0.717, 1.165) is 16.5 Å². The second kappa shape index (κ2) is 6.20. The fourth-order valence-corrected chi connectivity index (χ4v) is 2.58. The van der Waals surface area contributed by atoms with Gasteiger partial charge in [-0.3, -0.25) is 0 Å². The second-order valence-corrected chi connectivity index (χ2v) is 5.37. The number of halogens is 3. The molecule has 0 saturated heterocycles. The molecule has 0 unspecified atom stereocenters. The van der Waals surface area contributed by atoms with Gasteiger partial charge in [0, 0.05) is 9.79 Å². The molecule has 2 rings (SSSR count). The molecule has 0 heterocycles. The van der Waals surface area contributed by atoms with Crippen molar-refractivity contribution in [3.8, 4) is 6.07 Å². The van der Waals surface area contributed by atoms with Gasteiger partial charge in [0.2, 0.25) is 0 Å². The van der Waals surface area contributed by atoms with Gasteiger partial charge in [-0.2, -0.15) is 18.4 Å². The fourth-order valence-electron chi connectivity index (χ4n) is 1.72. The number of rotatable bonds is 3. The van der Waals surface area contributed by atoms with E-state index >= 15 is 0 Å². The van der Waals surface area contributed by atoms with E-state index in [2.05, 4.69) is 0 Å². The highest BCUT2D eigenvalue weighted by molar-refractivity contribution is 7.99. The van der Waals surface area contributed by atoms with Crippen molar-refractivity contribution in [3.05, 3.63) is 59.2 Å². The SMILES string of the molecule is N#Cc1ccc(Sc2ccc(CO)cc2)cc1C(F)(F)F. The summed E-state index contributed by atoms with van der Waals surface area (Å²) >= 11 is 1.17. The Morgan fingerprint density at radius 3 is 2.19 bits per heavy atom. The van der Waals surface area contributed by atoms with E-state index in [4.69, 9.17) is 10.4 Å². The number of nitrogens with zero attached hydrogens (tertiary/aromatic N) is 1. The van der Waals surface area contributed by atoms with Gasteiger partial charge in [0.05, 0.1) is 23.8 Å². The van der Waals surface area contributed by atoms with Crippen LogP contribution in [-0.4, -0.2) is 5.11 Å². The molecule has 0 aliphatic heterocycles. The predicted molar refractivity (Wildman–Crippen MR) is 72.6 cm³/mol. The Balaban J connectivity index is 2.30. The number of benzene rings is 2. The Hall–Kier alpha value is -1.97. The molecule has 2 aromatic carbocycles. The highest BCUT2D eigenvalue weighted by Crippen LogP contribution is 2.36. The number of nitriles is 1. The largest absolute Gasteiger partial charge is 0.417 e. The van der Waals surface area contributed by atoms with Gasteiger partial charge < -0.3 is 5.11 Å². The number of alkyl halides is 3. The average molecular weight is 309 g/mol. The summed E-state index contributed by atoms with van der Waals surface area (Å²) in [6.45, 7) is -0.0833. The molecule has 0 saturated carbocycles. The van der Waals surface area contributed by atoms with Crippen molar-refractivity contribution in [1.82, 2.24) is 0 Å². The normalized spacial score (nSPS) is 11.2. The lowest BCUT2D eigenvalue weighted by Crippen LogP contribution is -2.07. The Kier molecular flexibility index (Phi) is 4.56. The molecule has 0 radical (unpaired) electrons. The average Bonchev–Trinajstić information content (AvgIpc) is 2.47. The zero-order valence-corrected chi connectivity index (χ0v) is 11.5. The Morgan fingerprint density at radius 2 is 1.67 bits per heavy atom. The van der Waals surface area contributed by atoms with Crippen molar-refractivity contribution >= 4 is 11.8 Å². The first-order chi connectivity index (χ1) is 9.94. The summed E-state index contributed by atoms with van der Waals surface area (Å²) in [5.41, 5.74) is -0.584. The maximum Gasteiger partial charge on any atom is 0.417 e. The van der Waals surface area contributed by atoms with Crippen LogP contribution in [0, 0.1) is 11.3 Å². The van der Waals surface area contributed by atoms with Gasteiger partial charge in [0.15, 0.2) is 0 Å². The lowest BCUT2D eigenvalue weighted by Gasteiger charge is -2.10. The summed E-state index contributed by atoms with van der Waals surface area (Å²) in [5, 5.41) is 17.7. The summed E-state index contributed by atoms with van der Waals surface area (Å²) in [7, 11) is 0. The van der Waals surface area contributed by atoms with Crippen LogP contribution < -0.4 is 0 Å². The van der Waals surface area contributed by atoms with Crippen molar-refractivity contribution in [2.75, 3.05) is 0 Å². The molecule has 0 fully saturated rings. The molecule has 0 aliphatic rings. The first-order valence-corrected chi connectivity index (χ1v) is 6.74. The third-order valence-electron chi connectivity index (χ3n) is 2.76. The van der Waals surface area contributed by atoms with E-state index in [1.165, 1.54) is 23.9 Å². The van der Waals surface area contributed by atoms with E-state index in [1.54, 1.807) is 30.3 Å². The van der Waals surface area contributed by atoms with Crippen LogP contribution in [0.15, 0.2) is 52.3 Å². The van der Waals surface area contributed by atoms with Crippen LogP contribution in [0.3, 0.4) is 0 Å². The first-order valence-electron chi connectivity index (χ1n) is 5.93. The third kappa shape index (κ3) is 3.78. The molecule has 0 aromatic heterocycles. The van der Waals surface area contributed by atoms with Gasteiger partial charge >= 0.3 is 6.18 Å². The molecule has 6 heteroatoms. The summed E-state index contributed by atoms with van der Waals surface area (Å²) < 4.78 is 38.6. The standard InChI is InChI=1S/C15H10F3NOS/c16-15(17,18)14-7-13(6-3-11(14)8-19)21-12-4-1-10(9-20)2-5-12/h1-7,20H,9H2. The molecule has 0 atom stereocenters. The second-order valence-electron chi connectivity index (χ2n) is 4.22. The molecule has 21 heavy (non-hydrogen) atoms. The maximum atomic E-state index is 12.9. The number of hydrogen-bond donors (Lipinski definition) is 1. The molecule has 0 amide bonds. The monoisotopic (exact) mass is 309 g/mol. The van der Waals surface area contributed by atoms with E-state index in [1.807, 2.05) is 0 Å². The summed E-state index contributed by atoms with van der Waals surface area (Å²) in [4.78, 5) is 1.16. The van der Waals surface area contributed by atoms with Crippen LogP contribution in [0.1, 0.15) is 16.7 Å². The van der Waals surface area contributed by atoms with Crippen LogP contribution in [0.2, 0.25) is 0 Å². The van der Waals surface area contributed by atoms with Crippen LogP contribution in [0.25, 0.3) is 0 Å². The smallest absolute Gasteiger partial charge is 0.392 e. The number of aliphatic hydroxyl groups excluding tert-OH is 1. The minimum Gasteiger partial charge on any atom is -0.392 e. The quantitative estimate of drug-likeness (QED) is 0.923. The molecular weight excluding hydrogens is 299 g/mol. The first kappa shape index (κ1) is 15.4. The molecule has 1 N–H and O–H groups in total. The lowest BCUT2D eigenvalue weighted by molar-refractivity contribution is -0.137. The van der Waals surface area contributed by atoms with Gasteiger partial charge in [-0.05, 0) is 35.9 Å². The lowest BCUT2D eigenvalue weighted by atomic mass is 10.1. The minimum absolute atomic E-state index is 0.0833. The Morgan fingerprint density at radius 1 is 1.05 bits per heavy atom. The number of hydrogen-bond acceptors (Lipinski definition) is 3. The highest BCUT2D eigenvalue weighted by atomic mass is 32.2. The van der Waals surface area contributed by atoms with Gasteiger partial charge in [-0.1, -0.05) is 23.9 Å². The third-order valence-corrected chi connectivity index (χ3v) is 3.76. The topological polar surface area (TPSA) is 44.0 Å². The molecule has 2 aromatic rings.